The largest absolute Gasteiger partial charge is 0.305 e. The van der Waals surface area contributed by atoms with E-state index in [1.165, 1.54) is 0 Å². The molecule has 1 N–H and O–H groups in total. The molecule has 0 saturated carbocycles. The Balaban J connectivity index is 1.67. The standard InChI is InChI=1S/C13H14ClN5/c1-18-12(4-5-16-18)7-15-6-11-9-19-8-10(14)2-3-13(19)17-11/h2-5,8-9,15H,6-7H2,1H3. The molecule has 0 atom stereocenters. The number of halogens is 1. The summed E-state index contributed by atoms with van der Waals surface area (Å²) in [7, 11) is 1.93. The highest BCUT2D eigenvalue weighted by molar-refractivity contribution is 6.30. The van der Waals surface area contributed by atoms with Crippen molar-refractivity contribution in [2.45, 2.75) is 13.1 Å². The third-order valence-electron chi connectivity index (χ3n) is 3.00. The summed E-state index contributed by atoms with van der Waals surface area (Å²) >= 11 is 5.94. The number of nitrogens with one attached hydrogen (secondary N) is 1. The number of rotatable bonds is 4. The Hall–Kier alpha value is -1.85. The lowest BCUT2D eigenvalue weighted by atomic mass is 10.4. The van der Waals surface area contributed by atoms with Gasteiger partial charge in [-0.1, -0.05) is 11.6 Å². The molecule has 3 aromatic heterocycles. The fourth-order valence-corrected chi connectivity index (χ4v) is 2.16. The molecule has 5 nitrogen and oxygen atoms in total. The monoisotopic (exact) mass is 275 g/mol. The van der Waals surface area contributed by atoms with Gasteiger partial charge in [-0.2, -0.15) is 5.10 Å². The van der Waals surface area contributed by atoms with Gasteiger partial charge in [0.2, 0.25) is 0 Å². The van der Waals surface area contributed by atoms with E-state index in [4.69, 9.17) is 11.6 Å². The highest BCUT2D eigenvalue weighted by atomic mass is 35.5. The number of fused-ring (bicyclic) bond motifs is 1. The molecule has 0 unspecified atom stereocenters. The first-order valence-corrected chi connectivity index (χ1v) is 6.41. The lowest BCUT2D eigenvalue weighted by Crippen LogP contribution is -2.15. The number of imidazole rings is 1. The van der Waals surface area contributed by atoms with Crippen molar-refractivity contribution in [2.75, 3.05) is 0 Å². The van der Waals surface area contributed by atoms with Crippen molar-refractivity contribution in [2.24, 2.45) is 7.05 Å². The van der Waals surface area contributed by atoms with E-state index in [-0.39, 0.29) is 0 Å². The second kappa shape index (κ2) is 5.03. The van der Waals surface area contributed by atoms with E-state index in [1.54, 1.807) is 6.20 Å². The van der Waals surface area contributed by atoms with Gasteiger partial charge in [-0.15, -0.1) is 0 Å². The summed E-state index contributed by atoms with van der Waals surface area (Å²) in [6.07, 6.45) is 5.63. The molecule has 0 fully saturated rings. The lowest BCUT2D eigenvalue weighted by Gasteiger charge is -2.02. The van der Waals surface area contributed by atoms with Crippen LogP contribution in [0.15, 0.2) is 36.8 Å². The Bertz CT molecular complexity index is 700. The van der Waals surface area contributed by atoms with Gasteiger partial charge in [-0.3, -0.25) is 4.68 Å². The second-order valence-corrected chi connectivity index (χ2v) is 4.83. The first kappa shape index (κ1) is 12.2. The van der Waals surface area contributed by atoms with Crippen molar-refractivity contribution in [3.05, 3.63) is 53.2 Å². The maximum atomic E-state index is 5.94. The zero-order valence-electron chi connectivity index (χ0n) is 10.5. The molecule has 0 spiro atoms. The lowest BCUT2D eigenvalue weighted by molar-refractivity contribution is 0.621. The van der Waals surface area contributed by atoms with E-state index < -0.39 is 0 Å². The molecule has 0 aliphatic heterocycles. The van der Waals surface area contributed by atoms with Crippen LogP contribution in [0.1, 0.15) is 11.4 Å². The number of aromatic nitrogens is 4. The predicted octanol–water partition coefficient (Wildman–Crippen LogP) is 2.01. The average Bonchev–Trinajstić information content (AvgIpc) is 2.95. The zero-order valence-corrected chi connectivity index (χ0v) is 11.3. The Morgan fingerprint density at radius 1 is 1.21 bits per heavy atom. The quantitative estimate of drug-likeness (QED) is 0.792. The molecule has 0 radical (unpaired) electrons. The SMILES string of the molecule is Cn1nccc1CNCc1cn2cc(Cl)ccc2n1. The normalized spacial score (nSPS) is 11.3. The first-order valence-electron chi connectivity index (χ1n) is 6.03. The molecule has 0 aliphatic carbocycles. The fourth-order valence-electron chi connectivity index (χ4n) is 2.00. The Morgan fingerprint density at radius 2 is 2.11 bits per heavy atom. The van der Waals surface area contributed by atoms with Gasteiger partial charge in [-0.05, 0) is 18.2 Å². The van der Waals surface area contributed by atoms with Crippen LogP contribution in [0, 0.1) is 0 Å². The fraction of sp³-hybridized carbons (Fsp3) is 0.231. The maximum Gasteiger partial charge on any atom is 0.137 e. The summed E-state index contributed by atoms with van der Waals surface area (Å²) in [5.41, 5.74) is 3.04. The van der Waals surface area contributed by atoms with Gasteiger partial charge in [-0.25, -0.2) is 4.98 Å². The molecule has 3 rings (SSSR count). The van der Waals surface area contributed by atoms with Gasteiger partial charge < -0.3 is 9.72 Å². The van der Waals surface area contributed by atoms with Crippen molar-refractivity contribution in [1.29, 1.82) is 0 Å². The van der Waals surface area contributed by atoms with E-state index >= 15 is 0 Å². The molecule has 3 aromatic rings. The zero-order chi connectivity index (χ0) is 13.2. The molecule has 0 bridgehead atoms. The molecular formula is C13H14ClN5. The third-order valence-corrected chi connectivity index (χ3v) is 3.22. The van der Waals surface area contributed by atoms with Crippen LogP contribution < -0.4 is 5.32 Å². The van der Waals surface area contributed by atoms with E-state index in [0.717, 1.165) is 23.6 Å². The van der Waals surface area contributed by atoms with Crippen LogP contribution in [0.25, 0.3) is 5.65 Å². The van der Waals surface area contributed by atoms with Crippen LogP contribution in [-0.2, 0) is 20.1 Å². The Labute approximate surface area is 115 Å². The summed E-state index contributed by atoms with van der Waals surface area (Å²) in [5.74, 6) is 0. The van der Waals surface area contributed by atoms with Crippen LogP contribution in [0.3, 0.4) is 0 Å². The van der Waals surface area contributed by atoms with Gasteiger partial charge in [0.15, 0.2) is 0 Å². The van der Waals surface area contributed by atoms with Gasteiger partial charge in [0.25, 0.3) is 0 Å². The van der Waals surface area contributed by atoms with Crippen molar-refractivity contribution in [3.8, 4) is 0 Å². The summed E-state index contributed by atoms with van der Waals surface area (Å²) < 4.78 is 3.79. The molecule has 0 aromatic carbocycles. The van der Waals surface area contributed by atoms with Crippen LogP contribution in [0.5, 0.6) is 0 Å². The number of pyridine rings is 1. The smallest absolute Gasteiger partial charge is 0.137 e. The van der Waals surface area contributed by atoms with Gasteiger partial charge >= 0.3 is 0 Å². The highest BCUT2D eigenvalue weighted by Crippen LogP contribution is 2.11. The molecule has 98 valence electrons. The van der Waals surface area contributed by atoms with Crippen molar-refractivity contribution < 1.29 is 0 Å². The minimum Gasteiger partial charge on any atom is -0.305 e. The van der Waals surface area contributed by atoms with Gasteiger partial charge in [0.05, 0.1) is 16.4 Å². The summed E-state index contributed by atoms with van der Waals surface area (Å²) in [5, 5.41) is 8.19. The molecule has 3 heterocycles. The number of hydrogen-bond acceptors (Lipinski definition) is 3. The molecule has 6 heteroatoms. The Kier molecular flexibility index (Phi) is 3.23. The second-order valence-electron chi connectivity index (χ2n) is 4.39. The molecular weight excluding hydrogens is 262 g/mol. The predicted molar refractivity (Wildman–Crippen MR) is 74.0 cm³/mol. The third kappa shape index (κ3) is 2.62. The van der Waals surface area contributed by atoms with E-state index in [0.29, 0.717) is 11.6 Å². The molecule has 0 saturated heterocycles. The van der Waals surface area contributed by atoms with Crippen molar-refractivity contribution in [3.63, 3.8) is 0 Å². The first-order chi connectivity index (χ1) is 9.22. The highest BCUT2D eigenvalue weighted by Gasteiger charge is 2.03. The van der Waals surface area contributed by atoms with Crippen molar-refractivity contribution >= 4 is 17.2 Å². The average molecular weight is 276 g/mol. The molecule has 19 heavy (non-hydrogen) atoms. The minimum atomic E-state index is 0.708. The van der Waals surface area contributed by atoms with Crippen LogP contribution in [0.2, 0.25) is 5.02 Å². The number of hydrogen-bond donors (Lipinski definition) is 1. The topological polar surface area (TPSA) is 47.2 Å². The number of aryl methyl sites for hydroxylation is 1. The van der Waals surface area contributed by atoms with E-state index in [9.17, 15) is 0 Å². The minimum absolute atomic E-state index is 0.708. The van der Waals surface area contributed by atoms with E-state index in [2.05, 4.69) is 15.4 Å². The van der Waals surface area contributed by atoms with Crippen LogP contribution in [0.4, 0.5) is 0 Å². The van der Waals surface area contributed by atoms with Gasteiger partial charge in [0, 0.05) is 38.7 Å². The Morgan fingerprint density at radius 3 is 2.89 bits per heavy atom. The molecule has 0 aliphatic rings. The summed E-state index contributed by atoms with van der Waals surface area (Å²) in [6, 6.07) is 5.75. The van der Waals surface area contributed by atoms with Crippen LogP contribution >= 0.6 is 11.6 Å². The van der Waals surface area contributed by atoms with E-state index in [1.807, 2.05) is 46.7 Å². The van der Waals surface area contributed by atoms with Gasteiger partial charge in [0.1, 0.15) is 5.65 Å². The van der Waals surface area contributed by atoms with Crippen LogP contribution in [-0.4, -0.2) is 19.2 Å². The number of nitrogens with zero attached hydrogens (tertiary/aromatic N) is 4. The summed E-state index contributed by atoms with van der Waals surface area (Å²) in [6.45, 7) is 1.48. The maximum absolute atomic E-state index is 5.94. The van der Waals surface area contributed by atoms with Crippen molar-refractivity contribution in [1.82, 2.24) is 24.5 Å². The summed E-state index contributed by atoms with van der Waals surface area (Å²) in [4.78, 5) is 4.51. The molecule has 0 amide bonds.